The number of benzene rings is 5. The lowest BCUT2D eigenvalue weighted by Crippen LogP contribution is -2.37. The smallest absolute Gasteiger partial charge is 0.296 e. The summed E-state index contributed by atoms with van der Waals surface area (Å²) in [5, 5.41) is 29.6. The van der Waals surface area contributed by atoms with Gasteiger partial charge in [0.2, 0.25) is 0 Å². The van der Waals surface area contributed by atoms with E-state index in [0.29, 0.717) is 27.7 Å². The largest absolute Gasteiger partial charge is 0.508 e. The van der Waals surface area contributed by atoms with Crippen LogP contribution in [0.5, 0.6) is 23.0 Å². The molecule has 0 amide bonds. The van der Waals surface area contributed by atoms with Crippen molar-refractivity contribution in [3.05, 3.63) is 138 Å². The van der Waals surface area contributed by atoms with Gasteiger partial charge in [-0.3, -0.25) is 4.57 Å². The van der Waals surface area contributed by atoms with Crippen LogP contribution >= 0.6 is 7.37 Å². The van der Waals surface area contributed by atoms with Gasteiger partial charge in [0.15, 0.2) is 0 Å². The van der Waals surface area contributed by atoms with E-state index in [1.54, 1.807) is 72.8 Å². The third-order valence-corrected chi connectivity index (χ3v) is 10.1. The fourth-order valence-corrected chi connectivity index (χ4v) is 8.58. The second-order valence-electron chi connectivity index (χ2n) is 9.01. The van der Waals surface area contributed by atoms with Crippen LogP contribution in [0.1, 0.15) is 44.4 Å². The van der Waals surface area contributed by atoms with E-state index in [0.717, 1.165) is 11.1 Å². The molecule has 5 aromatic rings. The van der Waals surface area contributed by atoms with Crippen LogP contribution < -0.4 is 9.83 Å². The summed E-state index contributed by atoms with van der Waals surface area (Å²) in [6.07, 6.45) is 0. The number of rotatable bonds is 4. The topological polar surface area (TPSA) is 87.0 Å². The number of hydrogen-bond acceptors (Lipinski definition) is 5. The van der Waals surface area contributed by atoms with Crippen molar-refractivity contribution in [1.82, 2.24) is 0 Å². The van der Waals surface area contributed by atoms with Crippen LogP contribution in [0.3, 0.4) is 0 Å². The fourth-order valence-electron chi connectivity index (χ4n) is 5.28. The van der Waals surface area contributed by atoms with Crippen molar-refractivity contribution in [3.8, 4) is 34.1 Å². The lowest BCUT2D eigenvalue weighted by atomic mass is 9.83. The fraction of sp³-hybridized carbons (Fsp3) is 0.143. The molecule has 0 fully saturated rings. The van der Waals surface area contributed by atoms with Gasteiger partial charge in [-0.25, -0.2) is 0 Å². The first-order chi connectivity index (χ1) is 19.9. The van der Waals surface area contributed by atoms with Crippen molar-refractivity contribution in [1.29, 1.82) is 0 Å². The van der Waals surface area contributed by atoms with Crippen LogP contribution in [-0.4, -0.2) is 15.3 Å². The van der Waals surface area contributed by atoms with Crippen LogP contribution in [0.2, 0.25) is 0 Å². The molecular formula is C35H35O5P. The zero-order valence-corrected chi connectivity index (χ0v) is 24.5. The summed E-state index contributed by atoms with van der Waals surface area (Å²) in [6, 6.07) is 34.8. The third kappa shape index (κ3) is 4.98. The Bertz CT molecular complexity index is 1530. The molecule has 0 bridgehead atoms. The minimum absolute atomic E-state index is 0.0719. The maximum Gasteiger partial charge on any atom is 0.296 e. The maximum atomic E-state index is 15.9. The lowest BCUT2D eigenvalue weighted by Gasteiger charge is -2.44. The molecule has 0 aromatic heterocycles. The van der Waals surface area contributed by atoms with Crippen molar-refractivity contribution < 1.29 is 24.4 Å². The van der Waals surface area contributed by atoms with E-state index in [-0.39, 0.29) is 17.2 Å². The van der Waals surface area contributed by atoms with Gasteiger partial charge in [-0.1, -0.05) is 100 Å². The molecule has 210 valence electrons. The zero-order chi connectivity index (χ0) is 29.6. The first-order valence-corrected chi connectivity index (χ1v) is 15.4. The highest BCUT2D eigenvalue weighted by Crippen LogP contribution is 2.71. The van der Waals surface area contributed by atoms with Crippen molar-refractivity contribution in [2.24, 2.45) is 0 Å². The van der Waals surface area contributed by atoms with Crippen molar-refractivity contribution in [2.45, 2.75) is 32.9 Å². The number of aromatic hydroxyl groups is 3. The average molecular weight is 567 g/mol. The minimum Gasteiger partial charge on any atom is -0.508 e. The third-order valence-electron chi connectivity index (χ3n) is 6.92. The van der Waals surface area contributed by atoms with Crippen molar-refractivity contribution in [2.75, 3.05) is 0 Å². The van der Waals surface area contributed by atoms with Gasteiger partial charge < -0.3 is 19.8 Å². The second kappa shape index (κ2) is 12.4. The highest BCUT2D eigenvalue weighted by atomic mass is 31.2. The Kier molecular flexibility index (Phi) is 8.90. The molecule has 6 rings (SSSR count). The molecule has 0 aliphatic carbocycles. The summed E-state index contributed by atoms with van der Waals surface area (Å²) in [6.45, 7) is 8.00. The molecule has 0 spiro atoms. The standard InChI is InChI=1S/C31H23O5P.2C2H6/c32-24-15-9-21(10-16-24)31(22-11-17-25(33)18-12-22,23-13-19-26(34)20-14-23)37(35)30-8-4-2-6-28(30)27-5-1-3-7-29(27)36-37;2*1-2/h1-20,32-34H;2*1-2H3. The van der Waals surface area contributed by atoms with E-state index in [4.69, 9.17) is 4.52 Å². The van der Waals surface area contributed by atoms with Gasteiger partial charge >= 0.3 is 0 Å². The molecule has 0 radical (unpaired) electrons. The Balaban J connectivity index is 0.000000929. The van der Waals surface area contributed by atoms with Gasteiger partial charge in [-0.2, -0.15) is 0 Å². The summed E-state index contributed by atoms with van der Waals surface area (Å²) in [5.74, 6) is 0.721. The molecular weight excluding hydrogens is 531 g/mol. The van der Waals surface area contributed by atoms with Gasteiger partial charge in [0.1, 0.15) is 28.2 Å². The maximum absolute atomic E-state index is 15.9. The quantitative estimate of drug-likeness (QED) is 0.149. The van der Waals surface area contributed by atoms with Gasteiger partial charge in [-0.15, -0.1) is 0 Å². The van der Waals surface area contributed by atoms with Gasteiger partial charge in [0.05, 0.1) is 5.30 Å². The Morgan fingerprint density at radius 3 is 1.32 bits per heavy atom. The van der Waals surface area contributed by atoms with E-state index >= 15 is 4.57 Å². The molecule has 0 saturated carbocycles. The lowest BCUT2D eigenvalue weighted by molar-refractivity contribution is 0.463. The molecule has 3 N–H and O–H groups in total. The predicted octanol–water partition coefficient (Wildman–Crippen LogP) is 8.81. The van der Waals surface area contributed by atoms with Crippen LogP contribution in [0, 0.1) is 0 Å². The van der Waals surface area contributed by atoms with Crippen LogP contribution in [0.15, 0.2) is 121 Å². The summed E-state index contributed by atoms with van der Waals surface area (Å²) < 4.78 is 22.5. The van der Waals surface area contributed by atoms with Crippen LogP contribution in [-0.2, 0) is 9.72 Å². The van der Waals surface area contributed by atoms with E-state index < -0.39 is 12.5 Å². The molecule has 1 aliphatic rings. The van der Waals surface area contributed by atoms with E-state index in [9.17, 15) is 15.3 Å². The molecule has 41 heavy (non-hydrogen) atoms. The molecule has 1 atom stereocenters. The Labute approximate surface area is 241 Å². The highest BCUT2D eigenvalue weighted by Gasteiger charge is 2.57. The van der Waals surface area contributed by atoms with Gasteiger partial charge in [0, 0.05) is 5.56 Å². The van der Waals surface area contributed by atoms with Crippen LogP contribution in [0.4, 0.5) is 0 Å². The number of para-hydroxylation sites is 1. The Hall–Kier alpha value is -4.47. The highest BCUT2D eigenvalue weighted by molar-refractivity contribution is 7.69. The normalized spacial score (nSPS) is 15.0. The monoisotopic (exact) mass is 566 g/mol. The summed E-state index contributed by atoms with van der Waals surface area (Å²) in [7, 11) is -3.93. The molecule has 5 nitrogen and oxygen atoms in total. The Morgan fingerprint density at radius 1 is 0.512 bits per heavy atom. The summed E-state index contributed by atoms with van der Waals surface area (Å²) >= 11 is 0. The average Bonchev–Trinajstić information content (AvgIpc) is 3.02. The van der Waals surface area contributed by atoms with Crippen LogP contribution in [0.25, 0.3) is 11.1 Å². The number of hydrogen-bond donors (Lipinski definition) is 3. The molecule has 0 saturated heterocycles. The van der Waals surface area contributed by atoms with E-state index in [1.807, 2.05) is 76.2 Å². The number of fused-ring (bicyclic) bond motifs is 3. The van der Waals surface area contributed by atoms with Gasteiger partial charge in [-0.05, 0) is 70.8 Å². The second-order valence-corrected chi connectivity index (χ2v) is 11.4. The van der Waals surface area contributed by atoms with E-state index in [2.05, 4.69) is 0 Å². The first-order valence-electron chi connectivity index (χ1n) is 13.8. The van der Waals surface area contributed by atoms with Gasteiger partial charge in [0.25, 0.3) is 7.37 Å². The first kappa shape index (κ1) is 29.5. The SMILES string of the molecule is CC.CC.O=P1(C(c2ccc(O)cc2)(c2ccc(O)cc2)c2ccc(O)cc2)Oc2ccccc2-c2ccccc21. The number of phenols is 3. The van der Waals surface area contributed by atoms with E-state index in [1.165, 1.54) is 0 Å². The molecule has 1 heterocycles. The molecule has 1 aliphatic heterocycles. The summed E-state index contributed by atoms with van der Waals surface area (Å²) in [5.41, 5.74) is 3.53. The molecule has 6 heteroatoms. The van der Waals surface area contributed by atoms with Crippen molar-refractivity contribution >= 4 is 12.7 Å². The molecule has 5 aromatic carbocycles. The number of phenolic OH excluding ortho intramolecular Hbond substituents is 3. The Morgan fingerprint density at radius 2 is 0.878 bits per heavy atom. The molecule has 1 unspecified atom stereocenters. The predicted molar refractivity (Wildman–Crippen MR) is 167 cm³/mol. The minimum atomic E-state index is -3.93. The van der Waals surface area contributed by atoms with Crippen molar-refractivity contribution in [3.63, 3.8) is 0 Å². The zero-order valence-electron chi connectivity index (χ0n) is 23.7. The summed E-state index contributed by atoms with van der Waals surface area (Å²) in [4.78, 5) is 0.